The zero-order valence-corrected chi connectivity index (χ0v) is 8.46. The van der Waals surface area contributed by atoms with Crippen LogP contribution in [0.3, 0.4) is 0 Å². The van der Waals surface area contributed by atoms with Crippen molar-refractivity contribution in [2.45, 2.75) is 39.0 Å². The Morgan fingerprint density at radius 1 is 1.38 bits per heavy atom. The summed E-state index contributed by atoms with van der Waals surface area (Å²) in [5, 5.41) is 0. The smallest absolute Gasteiger partial charge is 0.208 e. The van der Waals surface area contributed by atoms with Crippen LogP contribution >= 0.6 is 0 Å². The van der Waals surface area contributed by atoms with E-state index in [1.165, 1.54) is 25.7 Å². The van der Waals surface area contributed by atoms with Gasteiger partial charge in [0.1, 0.15) is 6.61 Å². The fourth-order valence-electron chi connectivity index (χ4n) is 1.33. The molecular formula is C11H19NO. The number of rotatable bonds is 6. The van der Waals surface area contributed by atoms with Crippen LogP contribution in [0, 0.1) is 0 Å². The van der Waals surface area contributed by atoms with Crippen LogP contribution in [0.4, 0.5) is 0 Å². The van der Waals surface area contributed by atoms with Crippen LogP contribution in [0.15, 0.2) is 17.1 Å². The molecule has 0 unspecified atom stereocenters. The summed E-state index contributed by atoms with van der Waals surface area (Å²) in [4.78, 5) is 4.18. The van der Waals surface area contributed by atoms with Crippen LogP contribution in [-0.2, 0) is 4.74 Å². The van der Waals surface area contributed by atoms with Gasteiger partial charge in [-0.1, -0.05) is 32.3 Å². The van der Waals surface area contributed by atoms with Gasteiger partial charge in [-0.05, 0) is 18.9 Å². The van der Waals surface area contributed by atoms with Gasteiger partial charge in [-0.2, -0.15) is 0 Å². The molecule has 0 atom stereocenters. The molecule has 0 aromatic carbocycles. The molecule has 2 nitrogen and oxygen atoms in total. The SMILES string of the molecule is CCCCCCC=CC1=NCCO1. The lowest BCUT2D eigenvalue weighted by Gasteiger charge is -1.95. The topological polar surface area (TPSA) is 21.6 Å². The molecule has 0 aliphatic carbocycles. The summed E-state index contributed by atoms with van der Waals surface area (Å²) in [7, 11) is 0. The van der Waals surface area contributed by atoms with Crippen LogP contribution in [0.5, 0.6) is 0 Å². The first-order chi connectivity index (χ1) is 6.43. The molecule has 0 saturated carbocycles. The van der Waals surface area contributed by atoms with Crippen molar-refractivity contribution in [2.24, 2.45) is 4.99 Å². The van der Waals surface area contributed by atoms with Gasteiger partial charge < -0.3 is 4.74 Å². The van der Waals surface area contributed by atoms with Gasteiger partial charge in [0.05, 0.1) is 6.54 Å². The predicted octanol–water partition coefficient (Wildman–Crippen LogP) is 2.94. The van der Waals surface area contributed by atoms with Gasteiger partial charge >= 0.3 is 0 Å². The fraction of sp³-hybridized carbons (Fsp3) is 0.727. The summed E-state index contributed by atoms with van der Waals surface area (Å²) >= 11 is 0. The summed E-state index contributed by atoms with van der Waals surface area (Å²) in [5.74, 6) is 0.815. The Labute approximate surface area is 80.7 Å². The lowest BCUT2D eigenvalue weighted by atomic mass is 10.1. The predicted molar refractivity (Wildman–Crippen MR) is 56.2 cm³/mol. The van der Waals surface area contributed by atoms with E-state index >= 15 is 0 Å². The van der Waals surface area contributed by atoms with E-state index in [9.17, 15) is 0 Å². The minimum Gasteiger partial charge on any atom is -0.476 e. The third-order valence-electron chi connectivity index (χ3n) is 2.09. The number of unbranched alkanes of at least 4 members (excludes halogenated alkanes) is 4. The summed E-state index contributed by atoms with van der Waals surface area (Å²) in [6, 6.07) is 0. The van der Waals surface area contributed by atoms with E-state index in [0.717, 1.165) is 25.5 Å². The number of allylic oxidation sites excluding steroid dienone is 1. The maximum Gasteiger partial charge on any atom is 0.208 e. The molecule has 1 heterocycles. The van der Waals surface area contributed by atoms with Crippen molar-refractivity contribution in [3.05, 3.63) is 12.2 Å². The summed E-state index contributed by atoms with van der Waals surface area (Å²) < 4.78 is 5.24. The minimum absolute atomic E-state index is 0.759. The molecule has 1 aliphatic heterocycles. The molecule has 0 aromatic heterocycles. The van der Waals surface area contributed by atoms with E-state index in [1.807, 2.05) is 6.08 Å². The lowest BCUT2D eigenvalue weighted by molar-refractivity contribution is 0.350. The van der Waals surface area contributed by atoms with E-state index in [0.29, 0.717) is 0 Å². The normalized spacial score (nSPS) is 16.2. The Balaban J connectivity index is 1.98. The largest absolute Gasteiger partial charge is 0.476 e. The summed E-state index contributed by atoms with van der Waals surface area (Å²) in [6.07, 6.45) is 10.6. The average Bonchev–Trinajstić information content (AvgIpc) is 2.63. The number of ether oxygens (including phenoxy) is 1. The second kappa shape index (κ2) is 6.70. The molecule has 74 valence electrons. The molecule has 0 spiro atoms. The molecule has 0 N–H and O–H groups in total. The van der Waals surface area contributed by atoms with Crippen molar-refractivity contribution in [3.8, 4) is 0 Å². The van der Waals surface area contributed by atoms with Gasteiger partial charge in [0.2, 0.25) is 5.90 Å². The van der Waals surface area contributed by atoms with E-state index < -0.39 is 0 Å². The third kappa shape index (κ3) is 4.71. The molecule has 0 radical (unpaired) electrons. The highest BCUT2D eigenvalue weighted by Crippen LogP contribution is 2.03. The highest BCUT2D eigenvalue weighted by atomic mass is 16.5. The molecule has 0 aromatic rings. The van der Waals surface area contributed by atoms with Crippen molar-refractivity contribution in [1.29, 1.82) is 0 Å². The van der Waals surface area contributed by atoms with Gasteiger partial charge in [0.25, 0.3) is 0 Å². The second-order valence-electron chi connectivity index (χ2n) is 3.32. The highest BCUT2D eigenvalue weighted by Gasteiger charge is 2.00. The minimum atomic E-state index is 0.759. The number of hydrogen-bond donors (Lipinski definition) is 0. The maximum atomic E-state index is 5.24. The number of aliphatic imine (C=N–C) groups is 1. The van der Waals surface area contributed by atoms with E-state index in [4.69, 9.17) is 4.74 Å². The molecule has 0 fully saturated rings. The molecule has 2 heteroatoms. The first kappa shape index (κ1) is 10.3. The average molecular weight is 181 g/mol. The van der Waals surface area contributed by atoms with Crippen LogP contribution in [-0.4, -0.2) is 19.0 Å². The highest BCUT2D eigenvalue weighted by molar-refractivity contribution is 5.88. The van der Waals surface area contributed by atoms with Crippen molar-refractivity contribution < 1.29 is 4.74 Å². The molecule has 1 rings (SSSR count). The Morgan fingerprint density at radius 2 is 2.31 bits per heavy atom. The zero-order valence-electron chi connectivity index (χ0n) is 8.46. The quantitative estimate of drug-likeness (QED) is 0.577. The van der Waals surface area contributed by atoms with Crippen LogP contribution in [0.2, 0.25) is 0 Å². The Kier molecular flexibility index (Phi) is 5.30. The zero-order chi connectivity index (χ0) is 9.36. The first-order valence-corrected chi connectivity index (χ1v) is 5.27. The van der Waals surface area contributed by atoms with Crippen LogP contribution < -0.4 is 0 Å². The Morgan fingerprint density at radius 3 is 3.00 bits per heavy atom. The van der Waals surface area contributed by atoms with Crippen molar-refractivity contribution in [2.75, 3.05) is 13.2 Å². The van der Waals surface area contributed by atoms with Crippen molar-refractivity contribution in [3.63, 3.8) is 0 Å². The third-order valence-corrected chi connectivity index (χ3v) is 2.09. The fourth-order valence-corrected chi connectivity index (χ4v) is 1.33. The van der Waals surface area contributed by atoms with Crippen molar-refractivity contribution >= 4 is 5.90 Å². The van der Waals surface area contributed by atoms with Gasteiger partial charge in [-0.3, -0.25) is 0 Å². The molecule has 0 bridgehead atoms. The van der Waals surface area contributed by atoms with E-state index in [2.05, 4.69) is 18.0 Å². The van der Waals surface area contributed by atoms with Gasteiger partial charge in [0.15, 0.2) is 0 Å². The van der Waals surface area contributed by atoms with Gasteiger partial charge in [-0.25, -0.2) is 4.99 Å². The molecular weight excluding hydrogens is 162 g/mol. The number of hydrogen-bond acceptors (Lipinski definition) is 2. The number of nitrogens with zero attached hydrogens (tertiary/aromatic N) is 1. The Hall–Kier alpha value is -0.790. The van der Waals surface area contributed by atoms with Gasteiger partial charge in [0, 0.05) is 0 Å². The Bertz CT molecular complexity index is 185. The van der Waals surface area contributed by atoms with Crippen LogP contribution in [0.25, 0.3) is 0 Å². The molecule has 1 aliphatic rings. The van der Waals surface area contributed by atoms with E-state index in [-0.39, 0.29) is 0 Å². The molecule has 0 saturated heterocycles. The maximum absolute atomic E-state index is 5.24. The second-order valence-corrected chi connectivity index (χ2v) is 3.32. The lowest BCUT2D eigenvalue weighted by Crippen LogP contribution is -1.92. The van der Waals surface area contributed by atoms with Crippen LogP contribution in [0.1, 0.15) is 39.0 Å². The first-order valence-electron chi connectivity index (χ1n) is 5.27. The molecule has 13 heavy (non-hydrogen) atoms. The monoisotopic (exact) mass is 181 g/mol. The summed E-state index contributed by atoms with van der Waals surface area (Å²) in [5.41, 5.74) is 0. The summed E-state index contributed by atoms with van der Waals surface area (Å²) in [6.45, 7) is 3.82. The van der Waals surface area contributed by atoms with Gasteiger partial charge in [-0.15, -0.1) is 0 Å². The molecule has 0 amide bonds. The van der Waals surface area contributed by atoms with Crippen molar-refractivity contribution in [1.82, 2.24) is 0 Å². The standard InChI is InChI=1S/C11H19NO/c1-2-3-4-5-6-7-8-11-12-9-10-13-11/h7-8H,2-6,9-10H2,1H3. The van der Waals surface area contributed by atoms with E-state index in [1.54, 1.807) is 0 Å².